The Morgan fingerprint density at radius 3 is 2.79 bits per heavy atom. The molecule has 0 atom stereocenters. The van der Waals surface area contributed by atoms with E-state index < -0.39 is 0 Å². The van der Waals surface area contributed by atoms with Gasteiger partial charge in [-0.3, -0.25) is 15.4 Å². The summed E-state index contributed by atoms with van der Waals surface area (Å²) in [6.45, 7) is 3.65. The van der Waals surface area contributed by atoms with Crippen LogP contribution in [-0.2, 0) is 0 Å². The van der Waals surface area contributed by atoms with E-state index in [4.69, 9.17) is 20.9 Å². The van der Waals surface area contributed by atoms with E-state index in [1.54, 1.807) is 31.8 Å². The summed E-state index contributed by atoms with van der Waals surface area (Å²) in [5.74, 6) is 1.52. The molecule has 4 heterocycles. The van der Waals surface area contributed by atoms with Gasteiger partial charge in [0.05, 0.1) is 42.3 Å². The number of nitrogen functional groups attached to an aromatic ring is 1. The zero-order valence-electron chi connectivity index (χ0n) is 16.2. The first-order valence-electron chi connectivity index (χ1n) is 9.42. The maximum absolute atomic E-state index is 8.72. The fourth-order valence-corrected chi connectivity index (χ4v) is 3.28. The second-order valence-electron chi connectivity index (χ2n) is 6.76. The molecule has 0 radical (unpaired) electrons. The van der Waals surface area contributed by atoms with Crippen LogP contribution in [0.5, 0.6) is 5.75 Å². The van der Waals surface area contributed by atoms with Crippen LogP contribution in [0.1, 0.15) is 11.3 Å². The van der Waals surface area contributed by atoms with Crippen molar-refractivity contribution in [3.05, 3.63) is 60.2 Å². The zero-order valence-corrected chi connectivity index (χ0v) is 16.2. The van der Waals surface area contributed by atoms with E-state index in [-0.39, 0.29) is 5.71 Å². The molecule has 29 heavy (non-hydrogen) atoms. The Labute approximate surface area is 169 Å². The normalized spacial score (nSPS) is 13.9. The number of nitrogens with zero attached hydrogens (tertiary/aromatic N) is 4. The van der Waals surface area contributed by atoms with Gasteiger partial charge in [-0.2, -0.15) is 0 Å². The van der Waals surface area contributed by atoms with Gasteiger partial charge in [-0.1, -0.05) is 6.07 Å². The van der Waals surface area contributed by atoms with Crippen molar-refractivity contribution in [2.75, 3.05) is 43.9 Å². The van der Waals surface area contributed by atoms with Crippen LogP contribution < -0.4 is 20.7 Å². The summed E-state index contributed by atoms with van der Waals surface area (Å²) in [5, 5.41) is 12.1. The summed E-state index contributed by atoms with van der Waals surface area (Å²) >= 11 is 0. The van der Waals surface area contributed by atoms with Crippen molar-refractivity contribution in [1.29, 1.82) is 5.41 Å². The van der Waals surface area contributed by atoms with Gasteiger partial charge >= 0.3 is 0 Å². The zero-order chi connectivity index (χ0) is 20.2. The van der Waals surface area contributed by atoms with Crippen LogP contribution in [0.3, 0.4) is 0 Å². The van der Waals surface area contributed by atoms with Crippen molar-refractivity contribution in [3.8, 4) is 17.0 Å². The maximum atomic E-state index is 8.72. The smallest absolute Gasteiger partial charge is 0.137 e. The molecule has 0 unspecified atom stereocenters. The highest BCUT2D eigenvalue weighted by atomic mass is 16.5. The van der Waals surface area contributed by atoms with Crippen molar-refractivity contribution in [2.24, 2.45) is 0 Å². The van der Waals surface area contributed by atoms with E-state index in [1.807, 2.05) is 24.3 Å². The van der Waals surface area contributed by atoms with E-state index >= 15 is 0 Å². The van der Waals surface area contributed by atoms with E-state index in [2.05, 4.69) is 20.2 Å². The molecule has 4 N–H and O–H groups in total. The van der Waals surface area contributed by atoms with Gasteiger partial charge in [0.2, 0.25) is 0 Å². The lowest BCUT2D eigenvalue weighted by molar-refractivity contribution is 0.413. The fraction of sp³-hybridized carbons (Fsp3) is 0.238. The number of nitrogens with one attached hydrogen (secondary N) is 2. The lowest BCUT2D eigenvalue weighted by Gasteiger charge is -2.28. The topological polar surface area (TPSA) is 113 Å². The molecular formula is C21H23N7O. The Morgan fingerprint density at radius 2 is 2.00 bits per heavy atom. The minimum Gasteiger partial charge on any atom is -0.495 e. The minimum absolute atomic E-state index is 0.263. The largest absolute Gasteiger partial charge is 0.495 e. The molecule has 0 spiro atoms. The Hall–Kier alpha value is -3.52. The monoisotopic (exact) mass is 389 g/mol. The number of rotatable bonds is 5. The molecule has 0 amide bonds. The van der Waals surface area contributed by atoms with Crippen LogP contribution in [-0.4, -0.2) is 54.0 Å². The molecule has 1 aliphatic heterocycles. The first-order chi connectivity index (χ1) is 14.2. The maximum Gasteiger partial charge on any atom is 0.137 e. The predicted molar refractivity (Wildman–Crippen MR) is 114 cm³/mol. The van der Waals surface area contributed by atoms with Gasteiger partial charge in [0.1, 0.15) is 11.6 Å². The number of anilines is 2. The van der Waals surface area contributed by atoms with Crippen molar-refractivity contribution in [2.45, 2.75) is 0 Å². The van der Waals surface area contributed by atoms with Crippen LogP contribution in [0.25, 0.3) is 11.3 Å². The SMILES string of the molecule is COc1cncc(-c2cc(C(=N)c3cccc(N4CCNCC4)n3)c(N)cn2)c1. The molecule has 3 aromatic rings. The van der Waals surface area contributed by atoms with Gasteiger partial charge in [-0.05, 0) is 24.3 Å². The third-order valence-corrected chi connectivity index (χ3v) is 4.88. The molecule has 0 bridgehead atoms. The minimum atomic E-state index is 0.263. The number of hydrogen-bond donors (Lipinski definition) is 3. The summed E-state index contributed by atoms with van der Waals surface area (Å²) in [5.41, 5.74) is 9.48. The third kappa shape index (κ3) is 4.02. The Bertz CT molecular complexity index is 1030. The second kappa shape index (κ2) is 8.24. The highest BCUT2D eigenvalue weighted by Gasteiger charge is 2.16. The Morgan fingerprint density at radius 1 is 1.17 bits per heavy atom. The van der Waals surface area contributed by atoms with Gasteiger partial charge in [0.25, 0.3) is 0 Å². The van der Waals surface area contributed by atoms with Gasteiger partial charge in [-0.15, -0.1) is 0 Å². The number of piperazine rings is 1. The Kier molecular flexibility index (Phi) is 5.35. The van der Waals surface area contributed by atoms with Crippen LogP contribution in [0, 0.1) is 5.41 Å². The molecule has 1 aliphatic rings. The molecule has 0 aliphatic carbocycles. The van der Waals surface area contributed by atoms with Crippen molar-refractivity contribution >= 4 is 17.2 Å². The molecule has 3 aromatic heterocycles. The van der Waals surface area contributed by atoms with E-state index in [1.165, 1.54) is 0 Å². The molecule has 1 saturated heterocycles. The second-order valence-corrected chi connectivity index (χ2v) is 6.76. The van der Waals surface area contributed by atoms with Gasteiger partial charge < -0.3 is 20.7 Å². The summed E-state index contributed by atoms with van der Waals surface area (Å²) in [6, 6.07) is 9.39. The predicted octanol–water partition coefficient (Wildman–Crippen LogP) is 1.96. The van der Waals surface area contributed by atoms with Crippen molar-refractivity contribution in [3.63, 3.8) is 0 Å². The van der Waals surface area contributed by atoms with Crippen LogP contribution in [0.4, 0.5) is 11.5 Å². The molecule has 148 valence electrons. The molecular weight excluding hydrogens is 366 g/mol. The van der Waals surface area contributed by atoms with E-state index in [9.17, 15) is 0 Å². The summed E-state index contributed by atoms with van der Waals surface area (Å²) in [6.07, 6.45) is 4.91. The fourth-order valence-electron chi connectivity index (χ4n) is 3.28. The number of pyridine rings is 3. The standard InChI is InChI=1S/C21H23N7O/c1-29-15-9-14(11-25-12-15)19-10-16(17(22)13-26-19)21(23)18-3-2-4-20(27-18)28-7-5-24-6-8-28/h2-4,9-13,23-24H,5-8,22H2,1H3. The average molecular weight is 389 g/mol. The number of hydrogen-bond acceptors (Lipinski definition) is 8. The molecule has 0 aromatic carbocycles. The summed E-state index contributed by atoms with van der Waals surface area (Å²) < 4.78 is 5.24. The van der Waals surface area contributed by atoms with Crippen LogP contribution in [0.2, 0.25) is 0 Å². The quantitative estimate of drug-likeness (QED) is 0.572. The highest BCUT2D eigenvalue weighted by Crippen LogP contribution is 2.25. The van der Waals surface area contributed by atoms with Crippen LogP contribution >= 0.6 is 0 Å². The van der Waals surface area contributed by atoms with Crippen LogP contribution in [0.15, 0.2) is 48.9 Å². The lowest BCUT2D eigenvalue weighted by Crippen LogP contribution is -2.44. The average Bonchev–Trinajstić information content (AvgIpc) is 2.79. The highest BCUT2D eigenvalue weighted by molar-refractivity contribution is 6.13. The summed E-state index contributed by atoms with van der Waals surface area (Å²) in [7, 11) is 1.59. The number of nitrogens with two attached hydrogens (primary N) is 1. The molecule has 8 nitrogen and oxygen atoms in total. The van der Waals surface area contributed by atoms with E-state index in [0.29, 0.717) is 28.4 Å². The Balaban J connectivity index is 1.66. The van der Waals surface area contributed by atoms with Gasteiger partial charge in [0.15, 0.2) is 0 Å². The van der Waals surface area contributed by atoms with Gasteiger partial charge in [-0.25, -0.2) is 4.98 Å². The number of methoxy groups -OCH3 is 1. The molecule has 0 saturated carbocycles. The molecule has 1 fully saturated rings. The van der Waals surface area contributed by atoms with E-state index in [0.717, 1.165) is 37.6 Å². The first-order valence-corrected chi connectivity index (χ1v) is 9.42. The molecule has 8 heteroatoms. The number of aromatic nitrogens is 3. The molecule has 4 rings (SSSR count). The van der Waals surface area contributed by atoms with Crippen molar-refractivity contribution in [1.82, 2.24) is 20.3 Å². The number of ether oxygens (including phenoxy) is 1. The van der Waals surface area contributed by atoms with Crippen molar-refractivity contribution < 1.29 is 4.74 Å². The third-order valence-electron chi connectivity index (χ3n) is 4.88. The summed E-state index contributed by atoms with van der Waals surface area (Å²) in [4.78, 5) is 15.5. The lowest BCUT2D eigenvalue weighted by atomic mass is 10.0. The first kappa shape index (κ1) is 18.8. The van der Waals surface area contributed by atoms with Gasteiger partial charge in [0, 0.05) is 43.5 Å².